The zero-order valence-corrected chi connectivity index (χ0v) is 12.2. The van der Waals surface area contributed by atoms with E-state index in [1.807, 2.05) is 24.1 Å². The van der Waals surface area contributed by atoms with Gasteiger partial charge in [0.2, 0.25) is 0 Å². The third kappa shape index (κ3) is 4.44. The maximum Gasteiger partial charge on any atom is 0.176 e. The summed E-state index contributed by atoms with van der Waals surface area (Å²) in [5.41, 5.74) is 1.93. The van der Waals surface area contributed by atoms with Gasteiger partial charge in [0.05, 0.1) is 6.54 Å². The van der Waals surface area contributed by atoms with Crippen molar-refractivity contribution in [2.24, 2.45) is 0 Å². The molecule has 0 aliphatic carbocycles. The van der Waals surface area contributed by atoms with Crippen LogP contribution in [-0.2, 0) is 6.42 Å². The Labute approximate surface area is 124 Å². The van der Waals surface area contributed by atoms with Gasteiger partial charge < -0.3 is 0 Å². The van der Waals surface area contributed by atoms with E-state index in [9.17, 15) is 4.79 Å². The fourth-order valence-corrected chi connectivity index (χ4v) is 2.05. The average Bonchev–Trinajstić information content (AvgIpc) is 2.47. The molecule has 0 bridgehead atoms. The zero-order valence-electron chi connectivity index (χ0n) is 11.4. The lowest BCUT2D eigenvalue weighted by atomic mass is 10.1. The van der Waals surface area contributed by atoms with Crippen LogP contribution >= 0.6 is 11.6 Å². The number of ketones is 1. The van der Waals surface area contributed by atoms with Crippen LogP contribution in [0.1, 0.15) is 15.9 Å². The summed E-state index contributed by atoms with van der Waals surface area (Å²) in [6.07, 6.45) is 4.48. The normalized spacial score (nSPS) is 10.8. The number of benzene rings is 1. The van der Waals surface area contributed by atoms with Crippen LogP contribution in [0.25, 0.3) is 0 Å². The van der Waals surface area contributed by atoms with Gasteiger partial charge in [0.1, 0.15) is 0 Å². The summed E-state index contributed by atoms with van der Waals surface area (Å²) in [7, 11) is 1.95. The van der Waals surface area contributed by atoms with E-state index in [0.717, 1.165) is 13.0 Å². The highest BCUT2D eigenvalue weighted by Gasteiger charge is 2.09. The topological polar surface area (TPSA) is 33.2 Å². The van der Waals surface area contributed by atoms with Crippen LogP contribution in [0.2, 0.25) is 5.02 Å². The SMILES string of the molecule is CN(CCc1ccncc1)CC(=O)c1ccc(Cl)cc1. The Morgan fingerprint density at radius 3 is 2.45 bits per heavy atom. The number of carbonyl (C=O) groups is 1. The minimum atomic E-state index is 0.110. The van der Waals surface area contributed by atoms with Crippen LogP contribution in [0.5, 0.6) is 0 Å². The summed E-state index contributed by atoms with van der Waals surface area (Å²) in [6.45, 7) is 1.25. The smallest absolute Gasteiger partial charge is 0.176 e. The summed E-state index contributed by atoms with van der Waals surface area (Å²) >= 11 is 5.81. The maximum atomic E-state index is 12.1. The van der Waals surface area contributed by atoms with Gasteiger partial charge in [-0.05, 0) is 55.4 Å². The van der Waals surface area contributed by atoms with Crippen LogP contribution in [0.4, 0.5) is 0 Å². The van der Waals surface area contributed by atoms with E-state index in [4.69, 9.17) is 11.6 Å². The zero-order chi connectivity index (χ0) is 14.4. The van der Waals surface area contributed by atoms with Crippen molar-refractivity contribution in [2.45, 2.75) is 6.42 Å². The molecular formula is C16H17ClN2O. The number of aromatic nitrogens is 1. The highest BCUT2D eigenvalue weighted by molar-refractivity contribution is 6.30. The fourth-order valence-electron chi connectivity index (χ4n) is 1.92. The van der Waals surface area contributed by atoms with Crippen LogP contribution < -0.4 is 0 Å². The summed E-state index contributed by atoms with van der Waals surface area (Å²) in [6, 6.07) is 11.0. The first-order chi connectivity index (χ1) is 9.65. The van der Waals surface area contributed by atoms with Gasteiger partial charge in [0.15, 0.2) is 5.78 Å². The average molecular weight is 289 g/mol. The number of hydrogen-bond donors (Lipinski definition) is 0. The Morgan fingerprint density at radius 1 is 1.15 bits per heavy atom. The second kappa shape index (κ2) is 7.17. The first kappa shape index (κ1) is 14.7. The van der Waals surface area contributed by atoms with E-state index in [-0.39, 0.29) is 5.78 Å². The maximum absolute atomic E-state index is 12.1. The summed E-state index contributed by atoms with van der Waals surface area (Å²) in [4.78, 5) is 18.1. The molecule has 0 fully saturated rings. The molecule has 0 atom stereocenters. The molecule has 0 unspecified atom stereocenters. The molecule has 0 saturated heterocycles. The number of halogens is 1. The Morgan fingerprint density at radius 2 is 1.80 bits per heavy atom. The van der Waals surface area contributed by atoms with Gasteiger partial charge in [-0.3, -0.25) is 14.7 Å². The second-order valence-corrected chi connectivity index (χ2v) is 5.21. The van der Waals surface area contributed by atoms with Crippen molar-refractivity contribution in [1.29, 1.82) is 0 Å². The molecule has 0 saturated carbocycles. The van der Waals surface area contributed by atoms with Crippen LogP contribution in [0, 0.1) is 0 Å². The molecule has 2 rings (SSSR count). The Balaban J connectivity index is 1.83. The quantitative estimate of drug-likeness (QED) is 0.766. The van der Waals surface area contributed by atoms with E-state index in [0.29, 0.717) is 17.1 Å². The van der Waals surface area contributed by atoms with Gasteiger partial charge in [0.25, 0.3) is 0 Å². The Kier molecular flexibility index (Phi) is 5.27. The lowest BCUT2D eigenvalue weighted by molar-refractivity contribution is 0.0947. The van der Waals surface area contributed by atoms with E-state index in [1.54, 1.807) is 36.7 Å². The van der Waals surface area contributed by atoms with Crippen molar-refractivity contribution in [2.75, 3.05) is 20.1 Å². The van der Waals surface area contributed by atoms with Crippen molar-refractivity contribution < 1.29 is 4.79 Å². The standard InChI is InChI=1S/C16H17ClN2O/c1-19(11-8-13-6-9-18-10-7-13)12-16(20)14-2-4-15(17)5-3-14/h2-7,9-10H,8,11-12H2,1H3. The van der Waals surface area contributed by atoms with Crippen LogP contribution in [0.15, 0.2) is 48.8 Å². The van der Waals surface area contributed by atoms with Gasteiger partial charge in [-0.15, -0.1) is 0 Å². The number of likely N-dealkylation sites (N-methyl/N-ethyl adjacent to an activating group) is 1. The molecule has 2 aromatic rings. The molecule has 0 N–H and O–H groups in total. The van der Waals surface area contributed by atoms with Crippen molar-refractivity contribution in [3.05, 3.63) is 64.9 Å². The van der Waals surface area contributed by atoms with Crippen molar-refractivity contribution in [1.82, 2.24) is 9.88 Å². The molecule has 0 radical (unpaired) electrons. The second-order valence-electron chi connectivity index (χ2n) is 4.77. The van der Waals surface area contributed by atoms with E-state index in [2.05, 4.69) is 4.98 Å². The van der Waals surface area contributed by atoms with E-state index >= 15 is 0 Å². The highest BCUT2D eigenvalue weighted by Crippen LogP contribution is 2.10. The predicted octanol–water partition coefficient (Wildman–Crippen LogP) is 3.09. The lowest BCUT2D eigenvalue weighted by Crippen LogP contribution is -2.28. The molecular weight excluding hydrogens is 272 g/mol. The Bertz CT molecular complexity index is 554. The molecule has 1 aromatic heterocycles. The number of carbonyl (C=O) groups excluding carboxylic acids is 1. The first-order valence-corrected chi connectivity index (χ1v) is 6.89. The van der Waals surface area contributed by atoms with Crippen molar-refractivity contribution in [3.8, 4) is 0 Å². The number of hydrogen-bond acceptors (Lipinski definition) is 3. The molecule has 4 heteroatoms. The highest BCUT2D eigenvalue weighted by atomic mass is 35.5. The molecule has 20 heavy (non-hydrogen) atoms. The third-order valence-corrected chi connectivity index (χ3v) is 3.36. The summed E-state index contributed by atoms with van der Waals surface area (Å²) < 4.78 is 0. The third-order valence-electron chi connectivity index (χ3n) is 3.11. The molecule has 104 valence electrons. The van der Waals surface area contributed by atoms with Gasteiger partial charge in [-0.1, -0.05) is 11.6 Å². The largest absolute Gasteiger partial charge is 0.299 e. The van der Waals surface area contributed by atoms with Gasteiger partial charge in [-0.25, -0.2) is 0 Å². The van der Waals surface area contributed by atoms with E-state index in [1.165, 1.54) is 5.56 Å². The van der Waals surface area contributed by atoms with Crippen LogP contribution in [-0.4, -0.2) is 35.8 Å². The monoisotopic (exact) mass is 288 g/mol. The number of rotatable bonds is 6. The molecule has 0 spiro atoms. The molecule has 1 heterocycles. The molecule has 1 aromatic carbocycles. The number of Topliss-reactive ketones (excluding diaryl/α,β-unsaturated/α-hetero) is 1. The molecule has 0 aliphatic heterocycles. The van der Waals surface area contributed by atoms with Crippen molar-refractivity contribution in [3.63, 3.8) is 0 Å². The van der Waals surface area contributed by atoms with Crippen LogP contribution in [0.3, 0.4) is 0 Å². The molecule has 0 amide bonds. The van der Waals surface area contributed by atoms with E-state index < -0.39 is 0 Å². The van der Waals surface area contributed by atoms with Gasteiger partial charge in [-0.2, -0.15) is 0 Å². The minimum Gasteiger partial charge on any atom is -0.299 e. The van der Waals surface area contributed by atoms with Gasteiger partial charge >= 0.3 is 0 Å². The fraction of sp³-hybridized carbons (Fsp3) is 0.250. The summed E-state index contributed by atoms with van der Waals surface area (Å²) in [5.74, 6) is 0.110. The molecule has 0 aliphatic rings. The predicted molar refractivity (Wildman–Crippen MR) is 81.2 cm³/mol. The summed E-state index contributed by atoms with van der Waals surface area (Å²) in [5, 5.41) is 0.646. The lowest BCUT2D eigenvalue weighted by Gasteiger charge is -2.15. The van der Waals surface area contributed by atoms with Crippen molar-refractivity contribution >= 4 is 17.4 Å². The van der Waals surface area contributed by atoms with Gasteiger partial charge in [0, 0.05) is 29.5 Å². The molecule has 3 nitrogen and oxygen atoms in total. The Hall–Kier alpha value is -1.71. The first-order valence-electron chi connectivity index (χ1n) is 6.51. The number of nitrogens with zero attached hydrogens (tertiary/aromatic N) is 2. The number of pyridine rings is 1. The minimum absolute atomic E-state index is 0.110.